The van der Waals surface area contributed by atoms with E-state index in [4.69, 9.17) is 15.2 Å². The van der Waals surface area contributed by atoms with Crippen LogP contribution < -0.4 is 10.5 Å². The van der Waals surface area contributed by atoms with Crippen LogP contribution in [0.1, 0.15) is 30.4 Å². The topological polar surface area (TPSA) is 90.0 Å². The third-order valence-electron chi connectivity index (χ3n) is 6.23. The molecule has 4 atom stereocenters. The smallest absolute Gasteiger partial charge is 0.416 e. The Hall–Kier alpha value is -2.81. The standard InChI is InChI=1S/C21H20F3N3O3/c22-21(23,24)12-5-6-26-16(8-12)11-1-3-17-14(7-11)20(10-29-19(25)27-20)15-9-13(28)2-4-18(15)30-17/h1,3,5-8,13,15,18,28H,2,4,9-10H2,(H2,25,27)/t13-,15-,18?,20?/m0/s1. The second kappa shape index (κ2) is 6.60. The molecule has 30 heavy (non-hydrogen) atoms. The predicted molar refractivity (Wildman–Crippen MR) is 102 cm³/mol. The van der Waals surface area contributed by atoms with E-state index in [1.165, 1.54) is 0 Å². The highest BCUT2D eigenvalue weighted by atomic mass is 19.4. The van der Waals surface area contributed by atoms with Gasteiger partial charge in [-0.05, 0) is 49.6 Å². The Balaban J connectivity index is 1.63. The number of nitrogens with zero attached hydrogens (tertiary/aromatic N) is 2. The third kappa shape index (κ3) is 2.99. The largest absolute Gasteiger partial charge is 0.490 e. The van der Waals surface area contributed by atoms with Gasteiger partial charge in [-0.2, -0.15) is 13.2 Å². The molecular weight excluding hydrogens is 399 g/mol. The summed E-state index contributed by atoms with van der Waals surface area (Å²) in [5, 5.41) is 10.3. The minimum atomic E-state index is -4.46. The van der Waals surface area contributed by atoms with Gasteiger partial charge in [0, 0.05) is 23.2 Å². The van der Waals surface area contributed by atoms with Crippen molar-refractivity contribution >= 4 is 6.02 Å². The second-order valence-corrected chi connectivity index (χ2v) is 8.03. The Kier molecular flexibility index (Phi) is 4.22. The van der Waals surface area contributed by atoms with Gasteiger partial charge in [0.15, 0.2) is 0 Å². The maximum Gasteiger partial charge on any atom is 0.416 e. The van der Waals surface area contributed by atoms with E-state index in [0.717, 1.165) is 18.3 Å². The quantitative estimate of drug-likeness (QED) is 0.741. The first-order valence-electron chi connectivity index (χ1n) is 9.77. The van der Waals surface area contributed by atoms with E-state index in [1.807, 2.05) is 0 Å². The predicted octanol–water partition coefficient (Wildman–Crippen LogP) is 3.23. The molecule has 1 spiro atoms. The van der Waals surface area contributed by atoms with Gasteiger partial charge >= 0.3 is 6.18 Å². The molecule has 6 nitrogen and oxygen atoms in total. The van der Waals surface area contributed by atoms with Crippen LogP contribution >= 0.6 is 0 Å². The molecule has 3 heterocycles. The van der Waals surface area contributed by atoms with Gasteiger partial charge in [0.1, 0.15) is 24.0 Å². The van der Waals surface area contributed by atoms with Crippen LogP contribution in [0.2, 0.25) is 0 Å². The minimum Gasteiger partial charge on any atom is -0.490 e. The zero-order chi connectivity index (χ0) is 21.1. The number of amidine groups is 1. The number of ether oxygens (including phenoxy) is 2. The molecule has 1 aromatic carbocycles. The first kappa shape index (κ1) is 19.2. The second-order valence-electron chi connectivity index (χ2n) is 8.03. The van der Waals surface area contributed by atoms with E-state index in [0.29, 0.717) is 36.1 Å². The van der Waals surface area contributed by atoms with Crippen molar-refractivity contribution in [1.29, 1.82) is 0 Å². The van der Waals surface area contributed by atoms with Crippen LogP contribution in [-0.2, 0) is 16.5 Å². The van der Waals surface area contributed by atoms with E-state index in [1.54, 1.807) is 18.2 Å². The Morgan fingerprint density at radius 3 is 2.73 bits per heavy atom. The van der Waals surface area contributed by atoms with E-state index in [9.17, 15) is 18.3 Å². The number of rotatable bonds is 1. The van der Waals surface area contributed by atoms with Gasteiger partial charge in [0.2, 0.25) is 0 Å². The molecule has 0 amide bonds. The molecule has 9 heteroatoms. The Morgan fingerprint density at radius 1 is 1.17 bits per heavy atom. The molecule has 2 aromatic rings. The summed E-state index contributed by atoms with van der Waals surface area (Å²) in [6.07, 6.45) is -2.13. The van der Waals surface area contributed by atoms with Crippen molar-refractivity contribution in [2.75, 3.05) is 6.61 Å². The molecule has 1 saturated carbocycles. The average Bonchev–Trinajstić information content (AvgIpc) is 3.11. The molecule has 3 N–H and O–H groups in total. The fraction of sp³-hybridized carbons (Fsp3) is 0.429. The molecule has 0 bridgehead atoms. The van der Waals surface area contributed by atoms with Gasteiger partial charge in [0.25, 0.3) is 6.02 Å². The highest BCUT2D eigenvalue weighted by Gasteiger charge is 2.55. The molecule has 2 aliphatic heterocycles. The number of aliphatic hydroxyl groups excluding tert-OH is 1. The molecule has 1 aromatic heterocycles. The van der Waals surface area contributed by atoms with Gasteiger partial charge in [-0.25, -0.2) is 4.99 Å². The number of halogens is 3. The highest BCUT2D eigenvalue weighted by molar-refractivity contribution is 5.75. The maximum absolute atomic E-state index is 13.1. The SMILES string of the molecule is NC1=NC2(CO1)c1cc(-c3cc(C(F)(F)F)ccn3)ccc1OC1CC[C@H](O)C[C@@H]12. The Labute approximate surface area is 170 Å². The van der Waals surface area contributed by atoms with E-state index >= 15 is 0 Å². The van der Waals surface area contributed by atoms with Gasteiger partial charge in [0.05, 0.1) is 17.4 Å². The molecule has 2 unspecified atom stereocenters. The number of alkyl halides is 3. The zero-order valence-electron chi connectivity index (χ0n) is 15.9. The number of aromatic nitrogens is 1. The average molecular weight is 419 g/mol. The van der Waals surface area contributed by atoms with E-state index in [-0.39, 0.29) is 30.3 Å². The van der Waals surface area contributed by atoms with Gasteiger partial charge in [-0.15, -0.1) is 0 Å². The van der Waals surface area contributed by atoms with Gasteiger partial charge < -0.3 is 20.3 Å². The van der Waals surface area contributed by atoms with E-state index < -0.39 is 23.4 Å². The summed E-state index contributed by atoms with van der Waals surface area (Å²) in [5.74, 6) is 0.449. The van der Waals surface area contributed by atoms with Crippen molar-refractivity contribution in [3.8, 4) is 17.0 Å². The lowest BCUT2D eigenvalue weighted by molar-refractivity contribution is -0.137. The van der Waals surface area contributed by atoms with Crippen LogP contribution in [0.3, 0.4) is 0 Å². The maximum atomic E-state index is 13.1. The summed E-state index contributed by atoms with van der Waals surface area (Å²) >= 11 is 0. The number of hydrogen-bond acceptors (Lipinski definition) is 6. The van der Waals surface area contributed by atoms with Gasteiger partial charge in [-0.3, -0.25) is 4.98 Å². The summed E-state index contributed by atoms with van der Waals surface area (Å²) in [5.41, 5.74) is 5.65. The highest BCUT2D eigenvalue weighted by Crippen LogP contribution is 2.53. The van der Waals surface area contributed by atoms with Crippen LogP contribution in [0.4, 0.5) is 13.2 Å². The number of hydrogen-bond donors (Lipinski definition) is 2. The summed E-state index contributed by atoms with van der Waals surface area (Å²) in [6.45, 7) is 0.197. The van der Waals surface area contributed by atoms with Crippen molar-refractivity contribution in [3.63, 3.8) is 0 Å². The summed E-state index contributed by atoms with van der Waals surface area (Å²) in [4.78, 5) is 8.73. The first-order valence-corrected chi connectivity index (χ1v) is 9.77. The molecular formula is C21H20F3N3O3. The Bertz CT molecular complexity index is 1030. The van der Waals surface area contributed by atoms with Crippen molar-refractivity contribution < 1.29 is 27.8 Å². The first-order chi connectivity index (χ1) is 14.3. The number of pyridine rings is 1. The van der Waals surface area contributed by atoms with E-state index in [2.05, 4.69) is 9.98 Å². The zero-order valence-corrected chi connectivity index (χ0v) is 15.9. The molecule has 5 rings (SSSR count). The number of aliphatic imine (C=N–C) groups is 1. The van der Waals surface area contributed by atoms with Crippen LogP contribution in [0.5, 0.6) is 5.75 Å². The minimum absolute atomic E-state index is 0.0595. The van der Waals surface area contributed by atoms with Crippen LogP contribution in [0.15, 0.2) is 41.5 Å². The number of benzene rings is 1. The van der Waals surface area contributed by atoms with Gasteiger partial charge in [-0.1, -0.05) is 0 Å². The van der Waals surface area contributed by atoms with Crippen molar-refractivity contribution in [2.24, 2.45) is 16.6 Å². The molecule has 1 fully saturated rings. The fourth-order valence-electron chi connectivity index (χ4n) is 4.80. The molecule has 0 saturated heterocycles. The number of nitrogens with two attached hydrogens (primary N) is 1. The summed E-state index contributed by atoms with van der Waals surface area (Å²) < 4.78 is 51.1. The lowest BCUT2D eigenvalue weighted by Gasteiger charge is -2.47. The molecule has 158 valence electrons. The molecule has 1 aliphatic carbocycles. The third-order valence-corrected chi connectivity index (χ3v) is 6.23. The fourth-order valence-corrected chi connectivity index (χ4v) is 4.80. The lowest BCUT2D eigenvalue weighted by atomic mass is 9.67. The normalized spacial score (nSPS) is 30.1. The lowest BCUT2D eigenvalue weighted by Crippen LogP contribution is -2.51. The van der Waals surface area contributed by atoms with Crippen LogP contribution in [0, 0.1) is 5.92 Å². The van der Waals surface area contributed by atoms with Crippen LogP contribution in [0.25, 0.3) is 11.3 Å². The van der Waals surface area contributed by atoms with Crippen LogP contribution in [-0.4, -0.2) is 34.9 Å². The molecule has 3 aliphatic rings. The van der Waals surface area contributed by atoms with Crippen molar-refractivity contribution in [3.05, 3.63) is 47.7 Å². The summed E-state index contributed by atoms with van der Waals surface area (Å²) in [7, 11) is 0. The Morgan fingerprint density at radius 2 is 2.00 bits per heavy atom. The number of fused-ring (bicyclic) bond motifs is 4. The summed E-state index contributed by atoms with van der Waals surface area (Å²) in [6, 6.07) is 7.20. The molecule has 0 radical (unpaired) electrons. The van der Waals surface area contributed by atoms with Crippen molar-refractivity contribution in [1.82, 2.24) is 4.98 Å². The monoisotopic (exact) mass is 419 g/mol. The number of aliphatic hydroxyl groups is 1. The van der Waals surface area contributed by atoms with Crippen molar-refractivity contribution in [2.45, 2.75) is 43.2 Å².